The van der Waals surface area contributed by atoms with Gasteiger partial charge in [-0.15, -0.1) is 0 Å². The third kappa shape index (κ3) is 4.31. The Morgan fingerprint density at radius 1 is 1.42 bits per heavy atom. The van der Waals surface area contributed by atoms with Crippen LogP contribution in [-0.2, 0) is 4.79 Å². The van der Waals surface area contributed by atoms with E-state index in [1.54, 1.807) is 0 Å². The highest BCUT2D eigenvalue weighted by Crippen LogP contribution is 1.93. The van der Waals surface area contributed by atoms with Gasteiger partial charge in [-0.25, -0.2) is 0 Å². The number of primary amides is 1. The molecule has 0 saturated heterocycles. The molecule has 0 aromatic heterocycles. The molecule has 1 atom stereocenters. The van der Waals surface area contributed by atoms with Crippen LogP contribution in [-0.4, -0.2) is 36.5 Å². The first-order valence-electron chi connectivity index (χ1n) is 4.39. The van der Waals surface area contributed by atoms with Crippen molar-refractivity contribution < 1.29 is 4.79 Å². The van der Waals surface area contributed by atoms with Crippen LogP contribution in [0.3, 0.4) is 0 Å². The SMILES string of the molecule is CCN(CC)CC[C@H](N)C(N)=O. The number of amides is 1. The van der Waals surface area contributed by atoms with Gasteiger partial charge in [0.2, 0.25) is 5.91 Å². The summed E-state index contributed by atoms with van der Waals surface area (Å²) in [7, 11) is 0. The first kappa shape index (κ1) is 11.4. The minimum Gasteiger partial charge on any atom is -0.368 e. The van der Waals surface area contributed by atoms with E-state index < -0.39 is 11.9 Å². The fourth-order valence-electron chi connectivity index (χ4n) is 1.00. The average molecular weight is 173 g/mol. The lowest BCUT2D eigenvalue weighted by molar-refractivity contribution is -0.119. The fraction of sp³-hybridized carbons (Fsp3) is 0.875. The summed E-state index contributed by atoms with van der Waals surface area (Å²) < 4.78 is 0. The zero-order valence-electron chi connectivity index (χ0n) is 7.92. The Morgan fingerprint density at radius 3 is 2.25 bits per heavy atom. The summed E-state index contributed by atoms with van der Waals surface area (Å²) in [4.78, 5) is 12.8. The Balaban J connectivity index is 3.58. The minimum atomic E-state index is -0.495. The lowest BCUT2D eigenvalue weighted by Gasteiger charge is -2.18. The lowest BCUT2D eigenvalue weighted by Crippen LogP contribution is -2.39. The van der Waals surface area contributed by atoms with Crippen molar-refractivity contribution in [1.29, 1.82) is 0 Å². The largest absolute Gasteiger partial charge is 0.368 e. The van der Waals surface area contributed by atoms with Crippen molar-refractivity contribution in [3.63, 3.8) is 0 Å². The van der Waals surface area contributed by atoms with Crippen LogP contribution in [0.5, 0.6) is 0 Å². The molecule has 0 aliphatic heterocycles. The highest BCUT2D eigenvalue weighted by atomic mass is 16.1. The third-order valence-corrected chi connectivity index (χ3v) is 2.02. The summed E-state index contributed by atoms with van der Waals surface area (Å²) in [5.74, 6) is -0.415. The Hall–Kier alpha value is -0.610. The van der Waals surface area contributed by atoms with Gasteiger partial charge in [0.05, 0.1) is 6.04 Å². The molecule has 0 rings (SSSR count). The Bertz CT molecular complexity index is 134. The van der Waals surface area contributed by atoms with Crippen molar-refractivity contribution >= 4 is 5.91 Å². The number of hydrogen-bond donors (Lipinski definition) is 2. The maximum atomic E-state index is 10.6. The highest BCUT2D eigenvalue weighted by Gasteiger charge is 2.09. The molecule has 0 aliphatic rings. The van der Waals surface area contributed by atoms with Crippen LogP contribution in [0.25, 0.3) is 0 Å². The summed E-state index contributed by atoms with van der Waals surface area (Å²) in [5.41, 5.74) is 10.5. The van der Waals surface area contributed by atoms with E-state index >= 15 is 0 Å². The van der Waals surface area contributed by atoms with Crippen LogP contribution >= 0.6 is 0 Å². The normalized spacial score (nSPS) is 13.3. The second-order valence-electron chi connectivity index (χ2n) is 2.82. The predicted octanol–water partition coefficient (Wildman–Crippen LogP) is -0.469. The summed E-state index contributed by atoms with van der Waals surface area (Å²) in [5, 5.41) is 0. The van der Waals surface area contributed by atoms with Crippen molar-refractivity contribution in [2.75, 3.05) is 19.6 Å². The Morgan fingerprint density at radius 2 is 1.92 bits per heavy atom. The van der Waals surface area contributed by atoms with Gasteiger partial charge in [0, 0.05) is 6.54 Å². The van der Waals surface area contributed by atoms with Gasteiger partial charge in [0.25, 0.3) is 0 Å². The summed E-state index contributed by atoms with van der Waals surface area (Å²) >= 11 is 0. The molecule has 1 amide bonds. The van der Waals surface area contributed by atoms with E-state index in [-0.39, 0.29) is 0 Å². The molecule has 4 nitrogen and oxygen atoms in total. The number of carbonyl (C=O) groups excluding carboxylic acids is 1. The minimum absolute atomic E-state index is 0.415. The number of nitrogens with zero attached hydrogens (tertiary/aromatic N) is 1. The van der Waals surface area contributed by atoms with E-state index in [0.717, 1.165) is 19.6 Å². The van der Waals surface area contributed by atoms with Crippen molar-refractivity contribution in [2.24, 2.45) is 11.5 Å². The zero-order valence-corrected chi connectivity index (χ0v) is 7.92. The molecular formula is C8H19N3O. The van der Waals surface area contributed by atoms with E-state index in [9.17, 15) is 4.79 Å². The summed E-state index contributed by atoms with van der Waals surface area (Å²) in [6.45, 7) is 6.99. The smallest absolute Gasteiger partial charge is 0.234 e. The van der Waals surface area contributed by atoms with Crippen LogP contribution in [0.4, 0.5) is 0 Å². The van der Waals surface area contributed by atoms with Crippen molar-refractivity contribution in [1.82, 2.24) is 4.90 Å². The monoisotopic (exact) mass is 173 g/mol. The number of hydrogen-bond acceptors (Lipinski definition) is 3. The van der Waals surface area contributed by atoms with E-state index in [0.29, 0.717) is 6.42 Å². The van der Waals surface area contributed by atoms with Crippen LogP contribution in [0, 0.1) is 0 Å². The molecule has 0 aromatic rings. The second kappa shape index (κ2) is 5.97. The van der Waals surface area contributed by atoms with Crippen molar-refractivity contribution in [3.05, 3.63) is 0 Å². The summed E-state index contributed by atoms with van der Waals surface area (Å²) in [6.07, 6.45) is 0.650. The molecule has 0 bridgehead atoms. The molecule has 0 spiro atoms. The quantitative estimate of drug-likeness (QED) is 0.570. The first-order chi connectivity index (χ1) is 5.61. The van der Waals surface area contributed by atoms with Crippen molar-refractivity contribution in [2.45, 2.75) is 26.3 Å². The molecule has 12 heavy (non-hydrogen) atoms. The molecule has 0 radical (unpaired) electrons. The molecule has 0 aromatic carbocycles. The van der Waals surface area contributed by atoms with Gasteiger partial charge in [-0.05, 0) is 19.5 Å². The molecule has 0 unspecified atom stereocenters. The first-order valence-corrected chi connectivity index (χ1v) is 4.39. The number of nitrogens with two attached hydrogens (primary N) is 2. The van der Waals surface area contributed by atoms with Gasteiger partial charge in [-0.2, -0.15) is 0 Å². The Labute approximate surface area is 73.9 Å². The highest BCUT2D eigenvalue weighted by molar-refractivity contribution is 5.79. The predicted molar refractivity (Wildman–Crippen MR) is 49.6 cm³/mol. The standard InChI is InChI=1S/C8H19N3O/c1-3-11(4-2)6-5-7(9)8(10)12/h7H,3-6,9H2,1-2H3,(H2,10,12)/t7-/m0/s1. The van der Waals surface area contributed by atoms with E-state index in [1.165, 1.54) is 0 Å². The van der Waals surface area contributed by atoms with Gasteiger partial charge >= 0.3 is 0 Å². The maximum absolute atomic E-state index is 10.6. The van der Waals surface area contributed by atoms with Crippen LogP contribution in [0.2, 0.25) is 0 Å². The van der Waals surface area contributed by atoms with Gasteiger partial charge in [0.1, 0.15) is 0 Å². The van der Waals surface area contributed by atoms with E-state index in [4.69, 9.17) is 11.5 Å². The fourth-order valence-corrected chi connectivity index (χ4v) is 1.00. The molecular weight excluding hydrogens is 154 g/mol. The molecule has 0 aliphatic carbocycles. The van der Waals surface area contributed by atoms with Crippen LogP contribution in [0.1, 0.15) is 20.3 Å². The molecule has 72 valence electrons. The van der Waals surface area contributed by atoms with E-state index in [1.807, 2.05) is 0 Å². The molecule has 0 fully saturated rings. The van der Waals surface area contributed by atoms with Gasteiger partial charge in [-0.3, -0.25) is 4.79 Å². The topological polar surface area (TPSA) is 72.3 Å². The molecule has 4 heteroatoms. The molecule has 0 saturated carbocycles. The van der Waals surface area contributed by atoms with Gasteiger partial charge in [0.15, 0.2) is 0 Å². The lowest BCUT2D eigenvalue weighted by atomic mass is 10.2. The summed E-state index contributed by atoms with van der Waals surface area (Å²) in [6, 6.07) is -0.495. The van der Waals surface area contributed by atoms with Gasteiger partial charge in [-0.1, -0.05) is 13.8 Å². The molecule has 4 N–H and O–H groups in total. The van der Waals surface area contributed by atoms with Crippen LogP contribution < -0.4 is 11.5 Å². The van der Waals surface area contributed by atoms with Gasteiger partial charge < -0.3 is 16.4 Å². The Kier molecular flexibility index (Phi) is 5.66. The average Bonchev–Trinajstić information content (AvgIpc) is 2.05. The van der Waals surface area contributed by atoms with E-state index in [2.05, 4.69) is 18.7 Å². The zero-order chi connectivity index (χ0) is 9.56. The third-order valence-electron chi connectivity index (χ3n) is 2.02. The number of rotatable bonds is 6. The number of carbonyl (C=O) groups is 1. The van der Waals surface area contributed by atoms with Crippen molar-refractivity contribution in [3.8, 4) is 0 Å². The van der Waals surface area contributed by atoms with Crippen LogP contribution in [0.15, 0.2) is 0 Å². The second-order valence-corrected chi connectivity index (χ2v) is 2.82. The molecule has 0 heterocycles. The maximum Gasteiger partial charge on any atom is 0.234 e.